The van der Waals surface area contributed by atoms with Gasteiger partial charge in [0, 0.05) is 11.8 Å². The molecule has 2 aromatic rings. The van der Waals surface area contributed by atoms with Gasteiger partial charge < -0.3 is 4.74 Å². The molecule has 2 aromatic heterocycles. The van der Waals surface area contributed by atoms with E-state index in [2.05, 4.69) is 19.9 Å². The standard InChI is InChI=1S/C11H9F3N4O/c1-6-3-9(18-7(2)17-6)19-10-5-15-8(4-16-10)11(12,13)14/h3-5H,1-2H3. The van der Waals surface area contributed by atoms with Crippen LogP contribution in [-0.2, 0) is 6.18 Å². The molecule has 0 atom stereocenters. The van der Waals surface area contributed by atoms with Crippen LogP contribution in [0.1, 0.15) is 17.2 Å². The minimum atomic E-state index is -4.52. The molecule has 0 spiro atoms. The van der Waals surface area contributed by atoms with Crippen molar-refractivity contribution in [2.75, 3.05) is 0 Å². The van der Waals surface area contributed by atoms with Gasteiger partial charge in [0.1, 0.15) is 5.82 Å². The third-order valence-electron chi connectivity index (χ3n) is 2.07. The van der Waals surface area contributed by atoms with E-state index < -0.39 is 11.9 Å². The van der Waals surface area contributed by atoms with Gasteiger partial charge in [-0.1, -0.05) is 0 Å². The fraction of sp³-hybridized carbons (Fsp3) is 0.273. The Balaban J connectivity index is 2.20. The summed E-state index contributed by atoms with van der Waals surface area (Å²) >= 11 is 0. The number of aromatic nitrogens is 4. The van der Waals surface area contributed by atoms with Crippen LogP contribution in [0.2, 0.25) is 0 Å². The molecule has 0 aromatic carbocycles. The minimum Gasteiger partial charge on any atom is -0.419 e. The number of rotatable bonds is 2. The highest BCUT2D eigenvalue weighted by Crippen LogP contribution is 2.27. The first kappa shape index (κ1) is 13.2. The van der Waals surface area contributed by atoms with Gasteiger partial charge in [0.2, 0.25) is 11.8 Å². The molecule has 100 valence electrons. The van der Waals surface area contributed by atoms with E-state index in [9.17, 15) is 13.2 Å². The quantitative estimate of drug-likeness (QED) is 0.839. The van der Waals surface area contributed by atoms with E-state index in [1.54, 1.807) is 19.9 Å². The van der Waals surface area contributed by atoms with Gasteiger partial charge in [0.25, 0.3) is 0 Å². The molecule has 19 heavy (non-hydrogen) atoms. The normalized spacial score (nSPS) is 11.4. The van der Waals surface area contributed by atoms with Crippen molar-refractivity contribution >= 4 is 0 Å². The van der Waals surface area contributed by atoms with E-state index in [-0.39, 0.29) is 11.8 Å². The van der Waals surface area contributed by atoms with Crippen molar-refractivity contribution in [3.05, 3.63) is 35.7 Å². The van der Waals surface area contributed by atoms with Crippen LogP contribution in [0.4, 0.5) is 13.2 Å². The second-order valence-electron chi connectivity index (χ2n) is 3.73. The van der Waals surface area contributed by atoms with Gasteiger partial charge in [-0.25, -0.2) is 15.0 Å². The fourth-order valence-electron chi connectivity index (χ4n) is 1.36. The lowest BCUT2D eigenvalue weighted by Crippen LogP contribution is -2.08. The van der Waals surface area contributed by atoms with Gasteiger partial charge in [-0.2, -0.15) is 18.2 Å². The number of aryl methyl sites for hydroxylation is 2. The number of alkyl halides is 3. The van der Waals surface area contributed by atoms with Crippen LogP contribution in [-0.4, -0.2) is 19.9 Å². The van der Waals surface area contributed by atoms with Crippen LogP contribution >= 0.6 is 0 Å². The highest BCUT2D eigenvalue weighted by molar-refractivity contribution is 5.20. The van der Waals surface area contributed by atoms with Crippen LogP contribution < -0.4 is 4.74 Å². The van der Waals surface area contributed by atoms with Crippen molar-refractivity contribution < 1.29 is 17.9 Å². The summed E-state index contributed by atoms with van der Waals surface area (Å²) in [6.45, 7) is 3.43. The number of hydrogen-bond donors (Lipinski definition) is 0. The molecule has 0 aliphatic rings. The molecule has 0 amide bonds. The lowest BCUT2D eigenvalue weighted by Gasteiger charge is -2.07. The zero-order valence-corrected chi connectivity index (χ0v) is 10.1. The summed E-state index contributed by atoms with van der Waals surface area (Å²) in [5.74, 6) is 0.638. The average Bonchev–Trinajstić information content (AvgIpc) is 2.26. The number of halogens is 3. The third kappa shape index (κ3) is 3.36. The Hall–Kier alpha value is -2.25. The van der Waals surface area contributed by atoms with Crippen LogP contribution in [0.15, 0.2) is 18.5 Å². The molecule has 5 nitrogen and oxygen atoms in total. The van der Waals surface area contributed by atoms with E-state index in [1.165, 1.54) is 0 Å². The average molecular weight is 270 g/mol. The van der Waals surface area contributed by atoms with Crippen molar-refractivity contribution in [2.45, 2.75) is 20.0 Å². The molecule has 0 radical (unpaired) electrons. The molecule has 0 N–H and O–H groups in total. The molecule has 0 aliphatic heterocycles. The van der Waals surface area contributed by atoms with Crippen molar-refractivity contribution in [1.29, 1.82) is 0 Å². The monoisotopic (exact) mass is 270 g/mol. The summed E-state index contributed by atoms with van der Waals surface area (Å²) < 4.78 is 42.1. The molecule has 2 rings (SSSR count). The van der Waals surface area contributed by atoms with Crippen LogP contribution in [0, 0.1) is 13.8 Å². The summed E-state index contributed by atoms with van der Waals surface area (Å²) in [6.07, 6.45) is -3.01. The predicted octanol–water partition coefficient (Wildman–Crippen LogP) is 2.69. The molecule has 0 unspecified atom stereocenters. The van der Waals surface area contributed by atoms with Gasteiger partial charge in [-0.15, -0.1) is 0 Å². The van der Waals surface area contributed by atoms with Gasteiger partial charge in [0.15, 0.2) is 5.69 Å². The van der Waals surface area contributed by atoms with Gasteiger partial charge in [-0.05, 0) is 13.8 Å². The molecular weight excluding hydrogens is 261 g/mol. The van der Waals surface area contributed by atoms with Crippen LogP contribution in [0.25, 0.3) is 0 Å². The Morgan fingerprint density at radius 1 is 1.00 bits per heavy atom. The van der Waals surface area contributed by atoms with Gasteiger partial charge in [0.05, 0.1) is 12.4 Å². The highest BCUT2D eigenvalue weighted by atomic mass is 19.4. The van der Waals surface area contributed by atoms with E-state index >= 15 is 0 Å². The number of hydrogen-bond acceptors (Lipinski definition) is 5. The first-order chi connectivity index (χ1) is 8.84. The first-order valence-electron chi connectivity index (χ1n) is 5.24. The Labute approximate surface area is 106 Å². The molecule has 0 saturated heterocycles. The summed E-state index contributed by atoms with van der Waals surface area (Å²) in [5.41, 5.74) is -0.391. The first-order valence-corrected chi connectivity index (χ1v) is 5.24. The fourth-order valence-corrected chi connectivity index (χ4v) is 1.36. The Morgan fingerprint density at radius 2 is 1.74 bits per heavy atom. The van der Waals surface area contributed by atoms with Gasteiger partial charge >= 0.3 is 6.18 Å². The Morgan fingerprint density at radius 3 is 2.26 bits per heavy atom. The molecule has 2 heterocycles. The van der Waals surface area contributed by atoms with E-state index in [0.717, 1.165) is 6.20 Å². The number of ether oxygens (including phenoxy) is 1. The zero-order chi connectivity index (χ0) is 14.0. The van der Waals surface area contributed by atoms with Gasteiger partial charge in [-0.3, -0.25) is 0 Å². The maximum Gasteiger partial charge on any atom is 0.434 e. The predicted molar refractivity (Wildman–Crippen MR) is 58.6 cm³/mol. The topological polar surface area (TPSA) is 60.8 Å². The highest BCUT2D eigenvalue weighted by Gasteiger charge is 2.32. The van der Waals surface area contributed by atoms with E-state index in [0.29, 0.717) is 17.7 Å². The third-order valence-corrected chi connectivity index (χ3v) is 2.07. The lowest BCUT2D eigenvalue weighted by molar-refractivity contribution is -0.141. The van der Waals surface area contributed by atoms with Crippen molar-refractivity contribution in [3.8, 4) is 11.8 Å². The minimum absolute atomic E-state index is 0.0644. The maximum atomic E-state index is 12.3. The Bertz CT molecular complexity index is 563. The van der Waals surface area contributed by atoms with Crippen molar-refractivity contribution in [2.24, 2.45) is 0 Å². The van der Waals surface area contributed by atoms with Crippen LogP contribution in [0.5, 0.6) is 11.8 Å². The largest absolute Gasteiger partial charge is 0.434 e. The van der Waals surface area contributed by atoms with Crippen LogP contribution in [0.3, 0.4) is 0 Å². The lowest BCUT2D eigenvalue weighted by atomic mass is 10.4. The number of nitrogens with zero attached hydrogens (tertiary/aromatic N) is 4. The molecule has 0 bridgehead atoms. The summed E-state index contributed by atoms with van der Waals surface area (Å²) in [5, 5.41) is 0. The van der Waals surface area contributed by atoms with E-state index in [1.807, 2.05) is 0 Å². The molecule has 8 heteroatoms. The summed E-state index contributed by atoms with van der Waals surface area (Å²) in [7, 11) is 0. The smallest absolute Gasteiger partial charge is 0.419 e. The van der Waals surface area contributed by atoms with Crippen molar-refractivity contribution in [1.82, 2.24) is 19.9 Å². The SMILES string of the molecule is Cc1cc(Oc2cnc(C(F)(F)F)cn2)nc(C)n1. The molecule has 0 fully saturated rings. The second kappa shape index (κ2) is 4.79. The molecular formula is C11H9F3N4O. The van der Waals surface area contributed by atoms with Crippen molar-refractivity contribution in [3.63, 3.8) is 0 Å². The second-order valence-corrected chi connectivity index (χ2v) is 3.73. The Kier molecular flexibility index (Phi) is 3.32. The maximum absolute atomic E-state index is 12.3. The zero-order valence-electron chi connectivity index (χ0n) is 10.1. The van der Waals surface area contributed by atoms with E-state index in [4.69, 9.17) is 4.74 Å². The molecule has 0 aliphatic carbocycles. The summed E-state index contributed by atoms with van der Waals surface area (Å²) in [4.78, 5) is 14.8. The summed E-state index contributed by atoms with van der Waals surface area (Å²) in [6, 6.07) is 1.55. The molecule has 0 saturated carbocycles.